The first-order chi connectivity index (χ1) is 45.0. The minimum Gasteiger partial charge on any atom is -0.466 e. The van der Waals surface area contributed by atoms with Crippen molar-refractivity contribution in [2.75, 3.05) is 13.2 Å². The van der Waals surface area contributed by atoms with E-state index in [1.54, 1.807) is 0 Å². The van der Waals surface area contributed by atoms with Gasteiger partial charge in [-0.1, -0.05) is 403 Å². The molecule has 0 saturated heterocycles. The van der Waals surface area contributed by atoms with Crippen molar-refractivity contribution in [1.82, 2.24) is 5.32 Å². The summed E-state index contributed by atoms with van der Waals surface area (Å²) in [5, 5.41) is 23.5. The molecule has 91 heavy (non-hydrogen) atoms. The van der Waals surface area contributed by atoms with E-state index in [1.165, 1.54) is 366 Å². The van der Waals surface area contributed by atoms with E-state index in [0.717, 1.165) is 57.8 Å². The highest BCUT2D eigenvalue weighted by molar-refractivity contribution is 5.76. The van der Waals surface area contributed by atoms with Crippen LogP contribution in [0.15, 0.2) is 48.6 Å². The third-order valence-electron chi connectivity index (χ3n) is 19.4. The van der Waals surface area contributed by atoms with Crippen LogP contribution in [0.5, 0.6) is 0 Å². The molecule has 6 heteroatoms. The van der Waals surface area contributed by atoms with Gasteiger partial charge in [0, 0.05) is 12.8 Å². The van der Waals surface area contributed by atoms with Crippen LogP contribution in [0.1, 0.15) is 457 Å². The number of nitrogens with one attached hydrogen (secondary N) is 1. The van der Waals surface area contributed by atoms with E-state index in [0.29, 0.717) is 25.9 Å². The molecule has 0 aromatic rings. The first-order valence-corrected chi connectivity index (χ1v) is 41.4. The van der Waals surface area contributed by atoms with E-state index >= 15 is 0 Å². The Morgan fingerprint density at radius 3 is 0.857 bits per heavy atom. The highest BCUT2D eigenvalue weighted by atomic mass is 16.5. The van der Waals surface area contributed by atoms with E-state index in [4.69, 9.17) is 4.74 Å². The minimum atomic E-state index is -0.664. The number of unbranched alkanes of at least 4 members (excludes halogenated alkanes) is 59. The average Bonchev–Trinajstić information content (AvgIpc) is 3.74. The maximum absolute atomic E-state index is 12.6. The highest BCUT2D eigenvalue weighted by Gasteiger charge is 2.20. The summed E-state index contributed by atoms with van der Waals surface area (Å²) in [6, 6.07) is -0.540. The molecule has 0 fully saturated rings. The lowest BCUT2D eigenvalue weighted by Gasteiger charge is -2.22. The Bertz CT molecular complexity index is 1520. The van der Waals surface area contributed by atoms with Crippen LogP contribution in [0.4, 0.5) is 0 Å². The third-order valence-corrected chi connectivity index (χ3v) is 19.4. The van der Waals surface area contributed by atoms with E-state index in [-0.39, 0.29) is 18.5 Å². The number of rotatable bonds is 78. The molecule has 0 aromatic heterocycles. The van der Waals surface area contributed by atoms with Crippen LogP contribution in [0.2, 0.25) is 0 Å². The van der Waals surface area contributed by atoms with Crippen LogP contribution in [0.3, 0.4) is 0 Å². The van der Waals surface area contributed by atoms with Crippen molar-refractivity contribution >= 4 is 11.9 Å². The Balaban J connectivity index is 3.36. The zero-order valence-electron chi connectivity index (χ0n) is 61.6. The fourth-order valence-electron chi connectivity index (χ4n) is 13.1. The molecule has 2 unspecified atom stereocenters. The Kier molecular flexibility index (Phi) is 78.3. The molecule has 0 aromatic carbocycles. The Labute approximate surface area is 569 Å². The second-order valence-corrected chi connectivity index (χ2v) is 28.5. The number of ether oxygens (including phenoxy) is 1. The highest BCUT2D eigenvalue weighted by Crippen LogP contribution is 2.20. The van der Waals surface area contributed by atoms with Crippen molar-refractivity contribution in [3.63, 3.8) is 0 Å². The molecular formula is C85H161NO5. The fraction of sp³-hybridized carbons (Fsp3) is 0.882. The molecule has 0 radical (unpaired) electrons. The zero-order chi connectivity index (χ0) is 65.6. The van der Waals surface area contributed by atoms with E-state index < -0.39 is 12.1 Å². The summed E-state index contributed by atoms with van der Waals surface area (Å²) in [6.45, 7) is 4.97. The monoisotopic (exact) mass is 1280 g/mol. The van der Waals surface area contributed by atoms with Crippen LogP contribution in [0.25, 0.3) is 0 Å². The van der Waals surface area contributed by atoms with Gasteiger partial charge in [0.1, 0.15) is 0 Å². The molecule has 1 amide bonds. The van der Waals surface area contributed by atoms with Crippen LogP contribution in [0, 0.1) is 0 Å². The standard InChI is InChI=1S/C85H161NO5/c1-3-5-7-9-11-13-15-17-19-20-21-43-46-50-53-57-61-65-69-73-77-83(88)82(81-87)86-84(89)78-74-70-66-62-58-54-51-47-44-41-39-37-35-33-31-29-27-25-23-22-24-26-28-30-32-34-36-38-40-42-45-48-52-56-60-64-68-72-76-80-91-85(90)79-75-71-67-63-59-55-49-18-16-14-12-10-8-6-4-2/h12,14,18,22-23,26,28,49,82-83,87-88H,3-11,13,15-17,19-21,24-25,27,29-48,50-81H2,1-2H3,(H,86,89)/b14-12-,23-22-,28-26-,49-18-. The summed E-state index contributed by atoms with van der Waals surface area (Å²) < 4.78 is 5.49. The smallest absolute Gasteiger partial charge is 0.305 e. The molecule has 6 nitrogen and oxygen atoms in total. The van der Waals surface area contributed by atoms with Crippen LogP contribution in [-0.4, -0.2) is 47.4 Å². The molecule has 3 N–H and O–H groups in total. The fourth-order valence-corrected chi connectivity index (χ4v) is 13.1. The molecule has 0 aliphatic heterocycles. The first-order valence-electron chi connectivity index (χ1n) is 41.4. The van der Waals surface area contributed by atoms with Gasteiger partial charge in [-0.3, -0.25) is 9.59 Å². The van der Waals surface area contributed by atoms with Crippen LogP contribution in [-0.2, 0) is 14.3 Å². The number of carbonyl (C=O) groups excluding carboxylic acids is 2. The van der Waals surface area contributed by atoms with E-state index in [9.17, 15) is 19.8 Å². The Morgan fingerprint density at radius 1 is 0.308 bits per heavy atom. The number of carbonyl (C=O) groups is 2. The topological polar surface area (TPSA) is 95.9 Å². The average molecular weight is 1280 g/mol. The predicted octanol–water partition coefficient (Wildman–Crippen LogP) is 27.5. The molecule has 0 spiro atoms. The molecule has 0 aliphatic carbocycles. The van der Waals surface area contributed by atoms with Crippen molar-refractivity contribution in [3.05, 3.63) is 48.6 Å². The Morgan fingerprint density at radius 2 is 0.549 bits per heavy atom. The van der Waals surface area contributed by atoms with Gasteiger partial charge in [-0.2, -0.15) is 0 Å². The van der Waals surface area contributed by atoms with Gasteiger partial charge in [-0.05, 0) is 89.9 Å². The van der Waals surface area contributed by atoms with Gasteiger partial charge in [0.05, 0.1) is 25.4 Å². The minimum absolute atomic E-state index is 0.00671. The van der Waals surface area contributed by atoms with Crippen molar-refractivity contribution in [2.24, 2.45) is 0 Å². The van der Waals surface area contributed by atoms with Gasteiger partial charge < -0.3 is 20.3 Å². The quantitative estimate of drug-likeness (QED) is 0.0320. The maximum atomic E-state index is 12.6. The van der Waals surface area contributed by atoms with Gasteiger partial charge >= 0.3 is 5.97 Å². The van der Waals surface area contributed by atoms with Gasteiger partial charge in [0.25, 0.3) is 0 Å². The molecule has 536 valence electrons. The summed E-state index contributed by atoms with van der Waals surface area (Å²) in [6.07, 6.45) is 107. The second-order valence-electron chi connectivity index (χ2n) is 28.5. The number of hydrogen-bond acceptors (Lipinski definition) is 5. The van der Waals surface area contributed by atoms with Crippen molar-refractivity contribution in [1.29, 1.82) is 0 Å². The number of esters is 1. The third kappa shape index (κ3) is 76.7. The molecule has 2 atom stereocenters. The van der Waals surface area contributed by atoms with Gasteiger partial charge in [0.2, 0.25) is 5.91 Å². The second kappa shape index (κ2) is 80.3. The molecular weight excluding hydrogens is 1110 g/mol. The van der Waals surface area contributed by atoms with Crippen molar-refractivity contribution in [3.8, 4) is 0 Å². The van der Waals surface area contributed by atoms with Gasteiger partial charge in [0.15, 0.2) is 0 Å². The number of hydrogen-bond donors (Lipinski definition) is 3. The molecule has 0 bridgehead atoms. The first kappa shape index (κ1) is 88.8. The van der Waals surface area contributed by atoms with Gasteiger partial charge in [-0.15, -0.1) is 0 Å². The summed E-state index contributed by atoms with van der Waals surface area (Å²) in [4.78, 5) is 24.6. The lowest BCUT2D eigenvalue weighted by Crippen LogP contribution is -2.45. The molecule has 0 aliphatic rings. The molecule has 0 rings (SSSR count). The number of amides is 1. The SMILES string of the molecule is CCCCC/C=C\C/C=C\CCCCCCCC(=O)OCCCCCCCCCCCCCCCCC/C=C\C/C=C\CCCCCCCCCCCCCCCCCCCC(=O)NC(CO)C(O)CCCCCCCCCCCCCCCCCCCCCC. The largest absolute Gasteiger partial charge is 0.466 e. The van der Waals surface area contributed by atoms with E-state index in [1.807, 2.05) is 0 Å². The lowest BCUT2D eigenvalue weighted by molar-refractivity contribution is -0.143. The van der Waals surface area contributed by atoms with Crippen LogP contribution < -0.4 is 5.32 Å². The maximum Gasteiger partial charge on any atom is 0.305 e. The summed E-state index contributed by atoms with van der Waals surface area (Å²) in [7, 11) is 0. The number of aliphatic hydroxyl groups excluding tert-OH is 2. The van der Waals surface area contributed by atoms with Crippen molar-refractivity contribution < 1.29 is 24.5 Å². The predicted molar refractivity (Wildman–Crippen MR) is 402 cm³/mol. The summed E-state index contributed by atoms with van der Waals surface area (Å²) >= 11 is 0. The van der Waals surface area contributed by atoms with E-state index in [2.05, 4.69) is 67.8 Å². The van der Waals surface area contributed by atoms with Crippen LogP contribution >= 0.6 is 0 Å². The normalized spacial score (nSPS) is 12.7. The van der Waals surface area contributed by atoms with Gasteiger partial charge in [-0.25, -0.2) is 0 Å². The number of aliphatic hydroxyl groups is 2. The summed E-state index contributed by atoms with van der Waals surface area (Å²) in [5.41, 5.74) is 0. The molecule has 0 heterocycles. The number of allylic oxidation sites excluding steroid dienone is 8. The Hall–Kier alpha value is -2.18. The zero-order valence-corrected chi connectivity index (χ0v) is 61.6. The lowest BCUT2D eigenvalue weighted by atomic mass is 10.0. The van der Waals surface area contributed by atoms with Crippen molar-refractivity contribution in [2.45, 2.75) is 469 Å². The summed E-state index contributed by atoms with van der Waals surface area (Å²) in [5.74, 6) is -0.0205. The molecule has 0 saturated carbocycles.